The first-order chi connectivity index (χ1) is 10.6. The molecule has 0 bridgehead atoms. The summed E-state index contributed by atoms with van der Waals surface area (Å²) in [4.78, 5) is 1.25. The highest BCUT2D eigenvalue weighted by atomic mass is 35.5. The fraction of sp³-hybridized carbons (Fsp3) is 0.571. The number of hydrogen-bond acceptors (Lipinski definition) is 3. The molecule has 3 nitrogen and oxygen atoms in total. The van der Waals surface area contributed by atoms with Crippen LogP contribution in [0.4, 0.5) is 26.3 Å². The highest BCUT2D eigenvalue weighted by Gasteiger charge is 2.45. The van der Waals surface area contributed by atoms with Crippen LogP contribution in [-0.4, -0.2) is 48.7 Å². The predicted octanol–water partition coefficient (Wildman–Crippen LogP) is 2.84. The van der Waals surface area contributed by atoms with Crippen LogP contribution in [0, 0.1) is 5.82 Å². The molecule has 1 atom stereocenters. The lowest BCUT2D eigenvalue weighted by molar-refractivity contribution is -0.138. The average molecular weight is 379 g/mol. The van der Waals surface area contributed by atoms with E-state index >= 15 is 0 Å². The molecule has 1 aromatic rings. The molecule has 0 aliphatic carbocycles. The van der Waals surface area contributed by atoms with Crippen molar-refractivity contribution in [1.82, 2.24) is 10.2 Å². The first-order valence-electron chi connectivity index (χ1n) is 6.96. The Balaban J connectivity index is 0.00000288. The van der Waals surface area contributed by atoms with E-state index in [0.29, 0.717) is 25.2 Å². The van der Waals surface area contributed by atoms with Gasteiger partial charge in [-0.3, -0.25) is 4.90 Å². The molecule has 0 spiro atoms. The number of benzene rings is 1. The van der Waals surface area contributed by atoms with Gasteiger partial charge in [-0.25, -0.2) is 13.2 Å². The van der Waals surface area contributed by atoms with Crippen molar-refractivity contribution in [3.8, 4) is 0 Å². The van der Waals surface area contributed by atoms with Crippen molar-refractivity contribution < 1.29 is 31.4 Å². The zero-order valence-electron chi connectivity index (χ0n) is 12.4. The van der Waals surface area contributed by atoms with Gasteiger partial charge in [0.25, 0.3) is 5.92 Å². The maximum atomic E-state index is 14.1. The second-order valence-electron chi connectivity index (χ2n) is 5.38. The molecule has 0 radical (unpaired) electrons. The first kappa shape index (κ1) is 21.0. The van der Waals surface area contributed by atoms with Crippen molar-refractivity contribution in [3.05, 3.63) is 35.1 Å². The summed E-state index contributed by atoms with van der Waals surface area (Å²) < 4.78 is 80.2. The molecule has 1 fully saturated rings. The van der Waals surface area contributed by atoms with Crippen molar-refractivity contribution in [2.24, 2.45) is 0 Å². The lowest BCUT2D eigenvalue weighted by Gasteiger charge is -2.39. The largest absolute Gasteiger partial charge is 0.416 e. The van der Waals surface area contributed by atoms with E-state index < -0.39 is 41.7 Å². The van der Waals surface area contributed by atoms with Crippen LogP contribution < -0.4 is 5.32 Å². The van der Waals surface area contributed by atoms with Gasteiger partial charge in [0.2, 0.25) is 0 Å². The summed E-state index contributed by atoms with van der Waals surface area (Å²) >= 11 is 0. The van der Waals surface area contributed by atoms with Crippen LogP contribution in [0.3, 0.4) is 0 Å². The van der Waals surface area contributed by atoms with Gasteiger partial charge >= 0.3 is 6.18 Å². The van der Waals surface area contributed by atoms with Crippen molar-refractivity contribution in [1.29, 1.82) is 0 Å². The van der Waals surface area contributed by atoms with Gasteiger partial charge in [-0.1, -0.05) is 0 Å². The summed E-state index contributed by atoms with van der Waals surface area (Å²) in [5.41, 5.74) is -1.83. The Kier molecular flexibility index (Phi) is 6.92. The Morgan fingerprint density at radius 1 is 1.08 bits per heavy atom. The molecule has 1 aliphatic heterocycles. The van der Waals surface area contributed by atoms with E-state index in [1.165, 1.54) is 4.90 Å². The highest BCUT2D eigenvalue weighted by molar-refractivity contribution is 5.85. The van der Waals surface area contributed by atoms with E-state index in [1.54, 1.807) is 0 Å². The quantitative estimate of drug-likeness (QED) is 0.791. The van der Waals surface area contributed by atoms with Crippen molar-refractivity contribution >= 4 is 12.4 Å². The van der Waals surface area contributed by atoms with Crippen LogP contribution in [0.25, 0.3) is 0 Å². The molecule has 138 valence electrons. The molecule has 1 aromatic carbocycles. The number of piperazine rings is 1. The summed E-state index contributed by atoms with van der Waals surface area (Å²) in [6.07, 6.45) is -4.85. The van der Waals surface area contributed by atoms with Crippen LogP contribution in [0.15, 0.2) is 18.2 Å². The fourth-order valence-corrected chi connectivity index (χ4v) is 2.68. The molecule has 0 saturated carbocycles. The Morgan fingerprint density at radius 3 is 2.17 bits per heavy atom. The zero-order valence-corrected chi connectivity index (χ0v) is 13.2. The monoisotopic (exact) mass is 378 g/mol. The third kappa shape index (κ3) is 4.75. The number of halogens is 7. The first-order valence-corrected chi connectivity index (χ1v) is 6.96. The molecule has 1 saturated heterocycles. The van der Waals surface area contributed by atoms with Gasteiger partial charge in [0.1, 0.15) is 18.5 Å². The van der Waals surface area contributed by atoms with Crippen LogP contribution in [0.2, 0.25) is 0 Å². The third-order valence-electron chi connectivity index (χ3n) is 3.69. The summed E-state index contributed by atoms with van der Waals surface area (Å²) in [6.45, 7) is -0.491. The molecule has 24 heavy (non-hydrogen) atoms. The average Bonchev–Trinajstić information content (AvgIpc) is 2.47. The number of rotatable bonds is 4. The summed E-state index contributed by atoms with van der Waals surface area (Å²) in [7, 11) is 0. The molecule has 2 N–H and O–H groups in total. The van der Waals surface area contributed by atoms with E-state index in [-0.39, 0.29) is 31.6 Å². The zero-order chi connectivity index (χ0) is 17.3. The molecule has 2 rings (SSSR count). The van der Waals surface area contributed by atoms with Gasteiger partial charge in [0, 0.05) is 26.2 Å². The van der Waals surface area contributed by atoms with E-state index in [2.05, 4.69) is 5.32 Å². The summed E-state index contributed by atoms with van der Waals surface area (Å²) in [5.74, 6) is -4.95. The Bertz CT molecular complexity index is 549. The minimum absolute atomic E-state index is 0. The third-order valence-corrected chi connectivity index (χ3v) is 3.69. The van der Waals surface area contributed by atoms with E-state index in [4.69, 9.17) is 5.11 Å². The van der Waals surface area contributed by atoms with Crippen LogP contribution >= 0.6 is 12.4 Å². The molecule has 0 aromatic heterocycles. The SMILES string of the molecule is Cl.OCC(F)(F)[C@@H](c1cc(F)cc(C(F)(F)F)c1)N1CCNCC1. The molecular weight excluding hydrogens is 362 g/mol. The van der Waals surface area contributed by atoms with Gasteiger partial charge in [0.05, 0.1) is 5.56 Å². The minimum Gasteiger partial charge on any atom is -0.390 e. The van der Waals surface area contributed by atoms with Crippen LogP contribution in [-0.2, 0) is 6.18 Å². The lowest BCUT2D eigenvalue weighted by Crippen LogP contribution is -2.51. The van der Waals surface area contributed by atoms with E-state index in [1.807, 2.05) is 0 Å². The number of aliphatic hydroxyl groups is 1. The molecule has 1 aliphatic rings. The minimum atomic E-state index is -4.85. The molecule has 1 heterocycles. The summed E-state index contributed by atoms with van der Waals surface area (Å²) in [6, 6.07) is -0.397. The van der Waals surface area contributed by atoms with Gasteiger partial charge in [-0.15, -0.1) is 12.4 Å². The molecule has 0 amide bonds. The van der Waals surface area contributed by atoms with Gasteiger partial charge in [-0.05, 0) is 23.8 Å². The number of nitrogens with zero attached hydrogens (tertiary/aromatic N) is 1. The number of nitrogens with one attached hydrogen (secondary N) is 1. The van der Waals surface area contributed by atoms with Gasteiger partial charge in [0.15, 0.2) is 0 Å². The summed E-state index contributed by atoms with van der Waals surface area (Å²) in [5, 5.41) is 11.9. The molecule has 0 unspecified atom stereocenters. The maximum absolute atomic E-state index is 14.1. The predicted molar refractivity (Wildman–Crippen MR) is 77.9 cm³/mol. The van der Waals surface area contributed by atoms with E-state index in [0.717, 1.165) is 0 Å². The number of hydrogen-bond donors (Lipinski definition) is 2. The van der Waals surface area contributed by atoms with Crippen molar-refractivity contribution in [3.63, 3.8) is 0 Å². The number of alkyl halides is 5. The highest BCUT2D eigenvalue weighted by Crippen LogP contribution is 2.39. The second kappa shape index (κ2) is 7.90. The fourth-order valence-electron chi connectivity index (χ4n) is 2.68. The van der Waals surface area contributed by atoms with Crippen LogP contribution in [0.1, 0.15) is 17.2 Å². The normalized spacial score (nSPS) is 18.1. The second-order valence-corrected chi connectivity index (χ2v) is 5.38. The van der Waals surface area contributed by atoms with Gasteiger partial charge in [-0.2, -0.15) is 13.2 Å². The smallest absolute Gasteiger partial charge is 0.390 e. The molecule has 10 heteroatoms. The maximum Gasteiger partial charge on any atom is 0.416 e. The Morgan fingerprint density at radius 2 is 1.67 bits per heavy atom. The number of aliphatic hydroxyl groups excluding tert-OH is 1. The van der Waals surface area contributed by atoms with Crippen LogP contribution in [0.5, 0.6) is 0 Å². The molecular formula is C14H17ClF6N2O. The topological polar surface area (TPSA) is 35.5 Å². The Labute approximate surface area is 141 Å². The van der Waals surface area contributed by atoms with Crippen molar-refractivity contribution in [2.45, 2.75) is 18.1 Å². The lowest BCUT2D eigenvalue weighted by atomic mass is 9.96. The van der Waals surface area contributed by atoms with Crippen molar-refractivity contribution in [2.75, 3.05) is 32.8 Å². The van der Waals surface area contributed by atoms with Gasteiger partial charge < -0.3 is 10.4 Å². The van der Waals surface area contributed by atoms with E-state index in [9.17, 15) is 26.3 Å². The standard InChI is InChI=1S/C14H16F6N2O.ClH/c15-11-6-9(5-10(7-11)14(18,19)20)12(13(16,17)8-23)22-3-1-21-2-4-22;/h5-7,12,21,23H,1-4,8H2;1H/t12-;/m1./s1. The Hall–Kier alpha value is -1.03.